The van der Waals surface area contributed by atoms with Gasteiger partial charge in [0.25, 0.3) is 0 Å². The van der Waals surface area contributed by atoms with Gasteiger partial charge in [0.15, 0.2) is 0 Å². The lowest BCUT2D eigenvalue weighted by Gasteiger charge is -2.05. The molecule has 0 atom stereocenters. The first-order valence-electron chi connectivity index (χ1n) is 6.19. The summed E-state index contributed by atoms with van der Waals surface area (Å²) in [6.07, 6.45) is 1.54. The van der Waals surface area contributed by atoms with E-state index in [1.807, 2.05) is 56.3 Å². The van der Waals surface area contributed by atoms with Crippen LogP contribution in [-0.2, 0) is 0 Å². The van der Waals surface area contributed by atoms with Crippen LogP contribution < -0.4 is 4.74 Å². The highest BCUT2D eigenvalue weighted by atomic mass is 19.1. The zero-order chi connectivity index (χ0) is 13.8. The highest BCUT2D eigenvalue weighted by molar-refractivity contribution is 5.78. The van der Waals surface area contributed by atoms with Crippen molar-refractivity contribution >= 4 is 11.9 Å². The summed E-state index contributed by atoms with van der Waals surface area (Å²) < 4.78 is 19.3. The second kappa shape index (κ2) is 5.70. The van der Waals surface area contributed by atoms with E-state index in [9.17, 15) is 4.39 Å². The molecule has 0 radical (unpaired) electrons. The molecule has 2 heteroatoms. The summed E-state index contributed by atoms with van der Waals surface area (Å²) in [7, 11) is 1.61. The van der Waals surface area contributed by atoms with E-state index < -0.39 is 0 Å². The summed E-state index contributed by atoms with van der Waals surface area (Å²) in [5.74, 6) is 0.548. The summed E-state index contributed by atoms with van der Waals surface area (Å²) >= 11 is 0. The van der Waals surface area contributed by atoms with Gasteiger partial charge in [-0.2, -0.15) is 0 Å². The molecule has 0 bridgehead atoms. The first-order chi connectivity index (χ1) is 9.10. The normalized spacial score (nSPS) is 11.5. The molecule has 2 aromatic rings. The fourth-order valence-electron chi connectivity index (χ4n) is 2.01. The number of benzene rings is 2. The largest absolute Gasteiger partial charge is 0.497 e. The molecule has 0 aliphatic heterocycles. The number of halogens is 1. The first kappa shape index (κ1) is 13.3. The Kier molecular flexibility index (Phi) is 4.00. The maximum Gasteiger partial charge on any atom is 0.131 e. The monoisotopic (exact) mass is 256 g/mol. The van der Waals surface area contributed by atoms with Gasteiger partial charge in [0, 0.05) is 5.56 Å². The van der Waals surface area contributed by atoms with Crippen LogP contribution in [0.2, 0.25) is 0 Å². The molecule has 0 aliphatic rings. The lowest BCUT2D eigenvalue weighted by atomic mass is 10.0. The number of aryl methyl sites for hydroxylation is 2. The standard InChI is InChI=1S/C17H17FO/c1-12-4-9-16(13(2)10-12)17(18)11-14-5-7-15(19-3)8-6-14/h4-11H,1-3H3. The fourth-order valence-corrected chi connectivity index (χ4v) is 2.01. The first-order valence-corrected chi connectivity index (χ1v) is 6.19. The van der Waals surface area contributed by atoms with Crippen LogP contribution in [0.3, 0.4) is 0 Å². The van der Waals surface area contributed by atoms with Gasteiger partial charge in [-0.1, -0.05) is 35.9 Å². The van der Waals surface area contributed by atoms with Gasteiger partial charge < -0.3 is 4.74 Å². The van der Waals surface area contributed by atoms with E-state index in [0.717, 1.165) is 22.4 Å². The van der Waals surface area contributed by atoms with E-state index in [-0.39, 0.29) is 5.83 Å². The Bertz CT molecular complexity index is 597. The zero-order valence-electron chi connectivity index (χ0n) is 11.4. The molecule has 0 saturated heterocycles. The van der Waals surface area contributed by atoms with Crippen molar-refractivity contribution in [2.75, 3.05) is 7.11 Å². The molecule has 0 unspecified atom stereocenters. The molecule has 0 aliphatic carbocycles. The van der Waals surface area contributed by atoms with Crippen molar-refractivity contribution in [3.8, 4) is 5.75 Å². The van der Waals surface area contributed by atoms with Crippen LogP contribution in [0.15, 0.2) is 42.5 Å². The van der Waals surface area contributed by atoms with E-state index in [1.165, 1.54) is 6.08 Å². The van der Waals surface area contributed by atoms with E-state index in [1.54, 1.807) is 7.11 Å². The summed E-state index contributed by atoms with van der Waals surface area (Å²) in [4.78, 5) is 0. The molecule has 98 valence electrons. The van der Waals surface area contributed by atoms with Gasteiger partial charge in [-0.25, -0.2) is 4.39 Å². The van der Waals surface area contributed by atoms with Gasteiger partial charge >= 0.3 is 0 Å². The summed E-state index contributed by atoms with van der Waals surface area (Å²) in [6.45, 7) is 3.92. The molecule has 0 N–H and O–H groups in total. The van der Waals surface area contributed by atoms with Crippen LogP contribution >= 0.6 is 0 Å². The van der Waals surface area contributed by atoms with Crippen LogP contribution in [0.1, 0.15) is 22.3 Å². The van der Waals surface area contributed by atoms with Crippen molar-refractivity contribution in [2.24, 2.45) is 0 Å². The molecule has 19 heavy (non-hydrogen) atoms. The molecule has 0 amide bonds. The summed E-state index contributed by atoms with van der Waals surface area (Å²) in [6, 6.07) is 13.0. The lowest BCUT2D eigenvalue weighted by molar-refractivity contribution is 0.415. The SMILES string of the molecule is COc1ccc(C=C(F)c2ccc(C)cc2C)cc1. The Morgan fingerprint density at radius 3 is 2.32 bits per heavy atom. The van der Waals surface area contributed by atoms with Gasteiger partial charge in [0.1, 0.15) is 11.6 Å². The van der Waals surface area contributed by atoms with Crippen LogP contribution in [0.25, 0.3) is 11.9 Å². The van der Waals surface area contributed by atoms with E-state index in [0.29, 0.717) is 5.56 Å². The fraction of sp³-hybridized carbons (Fsp3) is 0.176. The van der Waals surface area contributed by atoms with Crippen molar-refractivity contribution in [1.29, 1.82) is 0 Å². The smallest absolute Gasteiger partial charge is 0.131 e. The Labute approximate surface area is 113 Å². The van der Waals surface area contributed by atoms with Crippen molar-refractivity contribution in [2.45, 2.75) is 13.8 Å². The molecule has 0 saturated carbocycles. The number of ether oxygens (including phenoxy) is 1. The predicted octanol–water partition coefficient (Wildman–Crippen LogP) is 4.78. The lowest BCUT2D eigenvalue weighted by Crippen LogP contribution is -1.86. The molecule has 2 aromatic carbocycles. The topological polar surface area (TPSA) is 9.23 Å². The van der Waals surface area contributed by atoms with Crippen LogP contribution in [-0.4, -0.2) is 7.11 Å². The van der Waals surface area contributed by atoms with Gasteiger partial charge in [-0.05, 0) is 43.2 Å². The van der Waals surface area contributed by atoms with Crippen molar-refractivity contribution in [3.05, 3.63) is 64.7 Å². The Morgan fingerprint density at radius 2 is 1.74 bits per heavy atom. The minimum Gasteiger partial charge on any atom is -0.497 e. The Hall–Kier alpha value is -2.09. The molecular weight excluding hydrogens is 239 g/mol. The predicted molar refractivity (Wildman–Crippen MR) is 77.9 cm³/mol. The van der Waals surface area contributed by atoms with Crippen LogP contribution in [0, 0.1) is 13.8 Å². The molecule has 2 rings (SSSR count). The third-order valence-corrected chi connectivity index (χ3v) is 3.05. The van der Waals surface area contributed by atoms with Crippen molar-refractivity contribution in [3.63, 3.8) is 0 Å². The average Bonchev–Trinajstić information content (AvgIpc) is 2.39. The van der Waals surface area contributed by atoms with Crippen LogP contribution in [0.5, 0.6) is 5.75 Å². The quantitative estimate of drug-likeness (QED) is 0.718. The van der Waals surface area contributed by atoms with Gasteiger partial charge in [0.05, 0.1) is 7.11 Å². The van der Waals surface area contributed by atoms with E-state index in [2.05, 4.69) is 0 Å². The Balaban J connectivity index is 2.31. The third kappa shape index (κ3) is 3.22. The number of hydrogen-bond acceptors (Lipinski definition) is 1. The molecule has 0 aromatic heterocycles. The minimum atomic E-state index is -0.220. The number of hydrogen-bond donors (Lipinski definition) is 0. The molecule has 0 fully saturated rings. The van der Waals surface area contributed by atoms with Gasteiger partial charge in [0.2, 0.25) is 0 Å². The van der Waals surface area contributed by atoms with Crippen molar-refractivity contribution in [1.82, 2.24) is 0 Å². The maximum atomic E-state index is 14.2. The number of methoxy groups -OCH3 is 1. The molecular formula is C17H17FO. The molecule has 1 nitrogen and oxygen atoms in total. The van der Waals surface area contributed by atoms with Gasteiger partial charge in [-0.15, -0.1) is 0 Å². The van der Waals surface area contributed by atoms with E-state index in [4.69, 9.17) is 4.74 Å². The van der Waals surface area contributed by atoms with E-state index >= 15 is 0 Å². The molecule has 0 heterocycles. The second-order valence-electron chi connectivity index (χ2n) is 4.58. The average molecular weight is 256 g/mol. The van der Waals surface area contributed by atoms with Crippen LogP contribution in [0.4, 0.5) is 4.39 Å². The third-order valence-electron chi connectivity index (χ3n) is 3.05. The maximum absolute atomic E-state index is 14.2. The highest BCUT2D eigenvalue weighted by Crippen LogP contribution is 2.24. The molecule has 0 spiro atoms. The van der Waals surface area contributed by atoms with Gasteiger partial charge in [-0.3, -0.25) is 0 Å². The Morgan fingerprint density at radius 1 is 1.05 bits per heavy atom. The number of rotatable bonds is 3. The summed E-state index contributed by atoms with van der Waals surface area (Å²) in [5.41, 5.74) is 3.54. The van der Waals surface area contributed by atoms with Crippen molar-refractivity contribution < 1.29 is 9.13 Å². The second-order valence-corrected chi connectivity index (χ2v) is 4.58. The minimum absolute atomic E-state index is 0.220. The summed E-state index contributed by atoms with van der Waals surface area (Å²) in [5, 5.41) is 0. The zero-order valence-corrected chi connectivity index (χ0v) is 11.4. The highest BCUT2D eigenvalue weighted by Gasteiger charge is 2.04.